The van der Waals surface area contributed by atoms with Crippen molar-refractivity contribution in [3.8, 4) is 0 Å². The normalized spacial score (nSPS) is 15.7. The lowest BCUT2D eigenvalue weighted by Crippen LogP contribution is -2.43. The molecule has 1 aliphatic rings. The van der Waals surface area contributed by atoms with Crippen LogP contribution in [0, 0.1) is 5.92 Å². The molecule has 2 heterocycles. The molecule has 1 fully saturated rings. The number of rotatable bonds is 7. The van der Waals surface area contributed by atoms with Gasteiger partial charge in [-0.1, -0.05) is 19.8 Å². The van der Waals surface area contributed by atoms with Crippen molar-refractivity contribution >= 4 is 11.8 Å². The second-order valence-corrected chi connectivity index (χ2v) is 6.07. The van der Waals surface area contributed by atoms with E-state index in [0.717, 1.165) is 25.8 Å². The first-order valence-electron chi connectivity index (χ1n) is 8.50. The van der Waals surface area contributed by atoms with Gasteiger partial charge in [0.2, 0.25) is 5.91 Å². The van der Waals surface area contributed by atoms with Crippen LogP contribution in [-0.4, -0.2) is 36.3 Å². The third-order valence-corrected chi connectivity index (χ3v) is 4.33. The van der Waals surface area contributed by atoms with Gasteiger partial charge in [-0.25, -0.2) is 0 Å². The summed E-state index contributed by atoms with van der Waals surface area (Å²) >= 11 is 0. The van der Waals surface area contributed by atoms with E-state index in [4.69, 9.17) is 10.2 Å². The van der Waals surface area contributed by atoms with Gasteiger partial charge in [-0.05, 0) is 25.3 Å². The molecule has 3 N–H and O–H groups in total. The number of nitrogens with one attached hydrogen (secondary N) is 1. The summed E-state index contributed by atoms with van der Waals surface area (Å²) in [6.45, 7) is 4.39. The SMILES string of the molecule is CCCCCNC(=O)C1CCN(C(=O)c2coc(CN)c2)CC1. The molecule has 0 atom stereocenters. The third kappa shape index (κ3) is 4.82. The van der Waals surface area contributed by atoms with Crippen molar-refractivity contribution in [1.29, 1.82) is 0 Å². The lowest BCUT2D eigenvalue weighted by atomic mass is 9.95. The number of carbonyl (C=O) groups is 2. The molecule has 23 heavy (non-hydrogen) atoms. The van der Waals surface area contributed by atoms with Crippen LogP contribution >= 0.6 is 0 Å². The fraction of sp³-hybridized carbons (Fsp3) is 0.647. The van der Waals surface area contributed by atoms with E-state index in [2.05, 4.69) is 12.2 Å². The highest BCUT2D eigenvalue weighted by atomic mass is 16.3. The van der Waals surface area contributed by atoms with E-state index in [-0.39, 0.29) is 24.3 Å². The number of piperidine rings is 1. The average Bonchev–Trinajstić information content (AvgIpc) is 3.07. The van der Waals surface area contributed by atoms with Gasteiger partial charge in [0, 0.05) is 25.6 Å². The van der Waals surface area contributed by atoms with Gasteiger partial charge < -0.3 is 20.4 Å². The number of nitrogens with two attached hydrogens (primary N) is 1. The fourth-order valence-corrected chi connectivity index (χ4v) is 2.86. The predicted octanol–water partition coefficient (Wildman–Crippen LogP) is 1.90. The van der Waals surface area contributed by atoms with Gasteiger partial charge in [-0.15, -0.1) is 0 Å². The van der Waals surface area contributed by atoms with Crippen LogP contribution in [0.2, 0.25) is 0 Å². The highest BCUT2D eigenvalue weighted by molar-refractivity contribution is 5.94. The van der Waals surface area contributed by atoms with Crippen LogP contribution in [-0.2, 0) is 11.3 Å². The molecule has 0 spiro atoms. The van der Waals surface area contributed by atoms with Crippen molar-refractivity contribution < 1.29 is 14.0 Å². The van der Waals surface area contributed by atoms with Crippen LogP contribution in [0.3, 0.4) is 0 Å². The van der Waals surface area contributed by atoms with E-state index in [1.807, 2.05) is 0 Å². The zero-order valence-corrected chi connectivity index (χ0v) is 13.8. The van der Waals surface area contributed by atoms with Gasteiger partial charge in [0.15, 0.2) is 0 Å². The van der Waals surface area contributed by atoms with Gasteiger partial charge in [-0.2, -0.15) is 0 Å². The summed E-state index contributed by atoms with van der Waals surface area (Å²) in [4.78, 5) is 26.3. The molecule has 128 valence electrons. The van der Waals surface area contributed by atoms with Crippen LogP contribution in [0.25, 0.3) is 0 Å². The molecule has 1 aromatic heterocycles. The summed E-state index contributed by atoms with van der Waals surface area (Å²) in [6, 6.07) is 1.69. The highest BCUT2D eigenvalue weighted by Gasteiger charge is 2.28. The minimum Gasteiger partial charge on any atom is -0.467 e. The molecular weight excluding hydrogens is 294 g/mol. The van der Waals surface area contributed by atoms with Crippen LogP contribution in [0.1, 0.15) is 55.1 Å². The van der Waals surface area contributed by atoms with Gasteiger partial charge in [0.25, 0.3) is 5.91 Å². The highest BCUT2D eigenvalue weighted by Crippen LogP contribution is 2.20. The molecule has 1 aliphatic heterocycles. The number of nitrogens with zero attached hydrogens (tertiary/aromatic N) is 1. The Kier molecular flexibility index (Phi) is 6.65. The van der Waals surface area contributed by atoms with Crippen molar-refractivity contribution in [2.75, 3.05) is 19.6 Å². The number of carbonyl (C=O) groups excluding carboxylic acids is 2. The molecule has 6 heteroatoms. The summed E-state index contributed by atoms with van der Waals surface area (Å²) in [5.41, 5.74) is 6.02. The number of hydrogen-bond donors (Lipinski definition) is 2. The molecule has 1 saturated heterocycles. The zero-order valence-electron chi connectivity index (χ0n) is 13.8. The first-order valence-corrected chi connectivity index (χ1v) is 8.50. The van der Waals surface area contributed by atoms with Gasteiger partial charge >= 0.3 is 0 Å². The minimum atomic E-state index is -0.0461. The van der Waals surface area contributed by atoms with E-state index in [1.54, 1.807) is 11.0 Å². The van der Waals surface area contributed by atoms with E-state index < -0.39 is 0 Å². The Labute approximate surface area is 137 Å². The Morgan fingerprint density at radius 1 is 1.35 bits per heavy atom. The summed E-state index contributed by atoms with van der Waals surface area (Å²) in [5.74, 6) is 0.705. The maximum absolute atomic E-state index is 12.4. The Morgan fingerprint density at radius 3 is 2.70 bits per heavy atom. The van der Waals surface area contributed by atoms with Crippen molar-refractivity contribution in [1.82, 2.24) is 10.2 Å². The van der Waals surface area contributed by atoms with E-state index in [9.17, 15) is 9.59 Å². The second-order valence-electron chi connectivity index (χ2n) is 6.07. The predicted molar refractivity (Wildman–Crippen MR) is 87.8 cm³/mol. The lowest BCUT2D eigenvalue weighted by Gasteiger charge is -2.31. The molecular formula is C17H27N3O3. The van der Waals surface area contributed by atoms with E-state index in [0.29, 0.717) is 37.3 Å². The number of hydrogen-bond acceptors (Lipinski definition) is 4. The van der Waals surface area contributed by atoms with Crippen LogP contribution in [0.15, 0.2) is 16.7 Å². The lowest BCUT2D eigenvalue weighted by molar-refractivity contribution is -0.126. The average molecular weight is 321 g/mol. The van der Waals surface area contributed by atoms with Crippen molar-refractivity contribution in [2.45, 2.75) is 45.6 Å². The van der Waals surface area contributed by atoms with E-state index in [1.165, 1.54) is 6.26 Å². The minimum absolute atomic E-state index is 0.0182. The largest absolute Gasteiger partial charge is 0.467 e. The van der Waals surface area contributed by atoms with Crippen LogP contribution < -0.4 is 11.1 Å². The second kappa shape index (κ2) is 8.72. The molecule has 0 radical (unpaired) electrons. The first-order chi connectivity index (χ1) is 11.2. The molecule has 6 nitrogen and oxygen atoms in total. The Morgan fingerprint density at radius 2 is 2.09 bits per heavy atom. The first kappa shape index (κ1) is 17.5. The molecule has 2 amide bonds. The molecule has 0 bridgehead atoms. The summed E-state index contributed by atoms with van der Waals surface area (Å²) < 4.78 is 5.21. The van der Waals surface area contributed by atoms with Gasteiger partial charge in [0.1, 0.15) is 12.0 Å². The Balaban J connectivity index is 1.76. The van der Waals surface area contributed by atoms with Gasteiger partial charge in [-0.3, -0.25) is 9.59 Å². The quantitative estimate of drug-likeness (QED) is 0.751. The van der Waals surface area contributed by atoms with Crippen molar-refractivity contribution in [3.63, 3.8) is 0 Å². The van der Waals surface area contributed by atoms with Crippen molar-refractivity contribution in [3.05, 3.63) is 23.7 Å². The third-order valence-electron chi connectivity index (χ3n) is 4.33. The Hall–Kier alpha value is -1.82. The zero-order chi connectivity index (χ0) is 16.7. The molecule has 0 aliphatic carbocycles. The van der Waals surface area contributed by atoms with Crippen molar-refractivity contribution in [2.24, 2.45) is 11.7 Å². The number of unbranched alkanes of at least 4 members (excludes halogenated alkanes) is 2. The molecule has 0 saturated carbocycles. The topological polar surface area (TPSA) is 88.6 Å². The standard InChI is InChI=1S/C17H27N3O3/c1-2-3-4-7-19-16(21)13-5-8-20(9-6-13)17(22)14-10-15(11-18)23-12-14/h10,12-13H,2-9,11,18H2,1H3,(H,19,21). The van der Waals surface area contributed by atoms with Crippen LogP contribution in [0.5, 0.6) is 0 Å². The van der Waals surface area contributed by atoms with E-state index >= 15 is 0 Å². The number of furan rings is 1. The smallest absolute Gasteiger partial charge is 0.257 e. The molecule has 2 rings (SSSR count). The maximum Gasteiger partial charge on any atom is 0.257 e. The van der Waals surface area contributed by atoms with Crippen LogP contribution in [0.4, 0.5) is 0 Å². The molecule has 0 aromatic carbocycles. The molecule has 0 unspecified atom stereocenters. The molecule has 1 aromatic rings. The Bertz CT molecular complexity index is 519. The summed E-state index contributed by atoms with van der Waals surface area (Å²) in [6.07, 6.45) is 6.21. The number of amides is 2. The number of likely N-dealkylation sites (tertiary alicyclic amines) is 1. The summed E-state index contributed by atoms with van der Waals surface area (Å²) in [7, 11) is 0. The van der Waals surface area contributed by atoms with Gasteiger partial charge in [0.05, 0.1) is 12.1 Å². The summed E-state index contributed by atoms with van der Waals surface area (Å²) in [5, 5.41) is 3.00. The fourth-order valence-electron chi connectivity index (χ4n) is 2.86. The maximum atomic E-state index is 12.4. The monoisotopic (exact) mass is 321 g/mol.